The zero-order valence-corrected chi connectivity index (χ0v) is 24.3. The van der Waals surface area contributed by atoms with Crippen LogP contribution in [0.25, 0.3) is 10.8 Å². The summed E-state index contributed by atoms with van der Waals surface area (Å²) in [5.41, 5.74) is 7.29. The number of ether oxygens (including phenoxy) is 1. The first-order chi connectivity index (χ1) is 17.8. The SMILES string of the molecule is CC[C@H](C)[C@@H](CN(CC(=O)N[C@@H](CCSC)C(=O)OC)Cc1cccc2ccccc12)NC[C@@H](N)CS. The summed E-state index contributed by atoms with van der Waals surface area (Å²) < 4.78 is 4.93. The molecule has 206 valence electrons. The molecule has 4 N–H and O–H groups in total. The van der Waals surface area contributed by atoms with Crippen LogP contribution in [0.4, 0.5) is 0 Å². The van der Waals surface area contributed by atoms with Gasteiger partial charge in [0.1, 0.15) is 6.04 Å². The first kappa shape index (κ1) is 31.4. The Bertz CT molecular complexity index is 972. The molecule has 0 bridgehead atoms. The molecular weight excluding hydrogens is 504 g/mol. The van der Waals surface area contributed by atoms with Gasteiger partial charge in [0, 0.05) is 37.5 Å². The van der Waals surface area contributed by atoms with Crippen molar-refractivity contribution in [2.24, 2.45) is 11.7 Å². The smallest absolute Gasteiger partial charge is 0.328 e. The zero-order chi connectivity index (χ0) is 27.2. The van der Waals surface area contributed by atoms with Gasteiger partial charge in [-0.3, -0.25) is 9.69 Å². The number of fused-ring (bicyclic) bond motifs is 1. The quantitative estimate of drug-likeness (QED) is 0.178. The minimum Gasteiger partial charge on any atom is -0.467 e. The van der Waals surface area contributed by atoms with Crippen LogP contribution in [0.1, 0.15) is 32.3 Å². The lowest BCUT2D eigenvalue weighted by atomic mass is 9.97. The van der Waals surface area contributed by atoms with Crippen molar-refractivity contribution in [3.05, 3.63) is 48.0 Å². The van der Waals surface area contributed by atoms with Crippen LogP contribution in [0.5, 0.6) is 0 Å². The number of esters is 1. The zero-order valence-electron chi connectivity index (χ0n) is 22.6. The molecule has 2 aromatic rings. The molecule has 0 unspecified atom stereocenters. The van der Waals surface area contributed by atoms with Crippen LogP contribution < -0.4 is 16.4 Å². The maximum absolute atomic E-state index is 13.2. The summed E-state index contributed by atoms with van der Waals surface area (Å²) in [5, 5.41) is 8.88. The molecule has 0 fully saturated rings. The molecule has 4 atom stereocenters. The maximum atomic E-state index is 13.2. The first-order valence-corrected chi connectivity index (χ1v) is 15.0. The number of nitrogens with zero attached hydrogens (tertiary/aromatic N) is 1. The molecule has 0 heterocycles. The lowest BCUT2D eigenvalue weighted by molar-refractivity contribution is -0.145. The third-order valence-electron chi connectivity index (χ3n) is 6.74. The Balaban J connectivity index is 2.27. The number of thiol groups is 1. The molecule has 0 aromatic heterocycles. The number of carbonyl (C=O) groups excluding carboxylic acids is 2. The van der Waals surface area contributed by atoms with Crippen LogP contribution in [0.15, 0.2) is 42.5 Å². The monoisotopic (exact) mass is 548 g/mol. The predicted octanol–water partition coefficient (Wildman–Crippen LogP) is 3.31. The minimum absolute atomic E-state index is 0.0399. The average Bonchev–Trinajstić information content (AvgIpc) is 2.92. The molecule has 7 nitrogen and oxygen atoms in total. The second kappa shape index (κ2) is 16.9. The molecule has 0 spiro atoms. The van der Waals surface area contributed by atoms with Crippen molar-refractivity contribution in [3.8, 4) is 0 Å². The van der Waals surface area contributed by atoms with Crippen LogP contribution in [0.3, 0.4) is 0 Å². The molecule has 0 aliphatic rings. The van der Waals surface area contributed by atoms with Crippen molar-refractivity contribution >= 4 is 47.0 Å². The van der Waals surface area contributed by atoms with Gasteiger partial charge in [0.2, 0.25) is 5.91 Å². The summed E-state index contributed by atoms with van der Waals surface area (Å²) in [5.74, 6) is 1.14. The van der Waals surface area contributed by atoms with Crippen LogP contribution in [0, 0.1) is 5.92 Å². The summed E-state index contributed by atoms with van der Waals surface area (Å²) in [6, 6.07) is 14.0. The van der Waals surface area contributed by atoms with E-state index in [1.807, 2.05) is 18.4 Å². The second-order valence-corrected chi connectivity index (χ2v) is 10.9. The predicted molar refractivity (Wildman–Crippen MR) is 159 cm³/mol. The number of thioether (sulfide) groups is 1. The van der Waals surface area contributed by atoms with E-state index in [1.54, 1.807) is 11.8 Å². The number of rotatable bonds is 17. The van der Waals surface area contributed by atoms with Crippen molar-refractivity contribution in [2.75, 3.05) is 44.5 Å². The number of hydrogen-bond donors (Lipinski definition) is 4. The Morgan fingerprint density at radius 3 is 2.59 bits per heavy atom. The highest BCUT2D eigenvalue weighted by molar-refractivity contribution is 7.98. The van der Waals surface area contributed by atoms with Gasteiger partial charge in [0.25, 0.3) is 0 Å². The van der Waals surface area contributed by atoms with Gasteiger partial charge in [-0.05, 0) is 40.7 Å². The van der Waals surface area contributed by atoms with Gasteiger partial charge < -0.3 is 21.1 Å². The highest BCUT2D eigenvalue weighted by Gasteiger charge is 2.25. The number of hydrogen-bond acceptors (Lipinski definition) is 8. The summed E-state index contributed by atoms with van der Waals surface area (Å²) >= 11 is 5.95. The molecule has 0 radical (unpaired) electrons. The second-order valence-electron chi connectivity index (χ2n) is 9.58. The molecule has 0 aliphatic heterocycles. The van der Waals surface area contributed by atoms with Crippen LogP contribution >= 0.6 is 24.4 Å². The van der Waals surface area contributed by atoms with Crippen LogP contribution in [-0.2, 0) is 20.9 Å². The number of methoxy groups -OCH3 is 1. The number of nitrogens with one attached hydrogen (secondary N) is 2. The molecule has 9 heteroatoms. The van der Waals surface area contributed by atoms with Crippen molar-refractivity contribution in [1.82, 2.24) is 15.5 Å². The van der Waals surface area contributed by atoms with E-state index >= 15 is 0 Å². The Morgan fingerprint density at radius 1 is 1.19 bits per heavy atom. The van der Waals surface area contributed by atoms with Crippen LogP contribution in [0.2, 0.25) is 0 Å². The maximum Gasteiger partial charge on any atom is 0.328 e. The fourth-order valence-corrected chi connectivity index (χ4v) is 4.90. The lowest BCUT2D eigenvalue weighted by Gasteiger charge is -2.32. The number of benzene rings is 2. The highest BCUT2D eigenvalue weighted by atomic mass is 32.2. The fourth-order valence-electron chi connectivity index (χ4n) is 4.30. The van der Waals surface area contributed by atoms with E-state index < -0.39 is 12.0 Å². The summed E-state index contributed by atoms with van der Waals surface area (Å²) in [4.78, 5) is 27.7. The molecule has 0 saturated heterocycles. The Hall–Kier alpha value is -1.78. The van der Waals surface area contributed by atoms with Gasteiger partial charge in [0.05, 0.1) is 13.7 Å². The average molecular weight is 549 g/mol. The van der Waals surface area contributed by atoms with E-state index in [2.05, 4.69) is 72.3 Å². The molecule has 37 heavy (non-hydrogen) atoms. The van der Waals surface area contributed by atoms with Crippen molar-refractivity contribution < 1.29 is 14.3 Å². The number of amides is 1. The van der Waals surface area contributed by atoms with Gasteiger partial charge >= 0.3 is 5.97 Å². The van der Waals surface area contributed by atoms with E-state index in [9.17, 15) is 9.59 Å². The Labute approximate surface area is 232 Å². The van der Waals surface area contributed by atoms with E-state index in [0.29, 0.717) is 37.7 Å². The minimum atomic E-state index is -0.652. The molecule has 2 aromatic carbocycles. The summed E-state index contributed by atoms with van der Waals surface area (Å²) in [6.07, 6.45) is 3.51. The van der Waals surface area contributed by atoms with Crippen molar-refractivity contribution in [2.45, 2.75) is 51.4 Å². The highest BCUT2D eigenvalue weighted by Crippen LogP contribution is 2.21. The van der Waals surface area contributed by atoms with Crippen molar-refractivity contribution in [3.63, 3.8) is 0 Å². The number of carbonyl (C=O) groups is 2. The molecule has 0 saturated carbocycles. The normalized spacial score (nSPS) is 14.8. The molecule has 2 rings (SSSR count). The molecular formula is C28H44N4O3S2. The Kier molecular flexibility index (Phi) is 14.4. The molecule has 1 amide bonds. The van der Waals surface area contributed by atoms with Gasteiger partial charge in [-0.25, -0.2) is 4.79 Å². The summed E-state index contributed by atoms with van der Waals surface area (Å²) in [7, 11) is 1.35. The van der Waals surface area contributed by atoms with Gasteiger partial charge in [-0.1, -0.05) is 62.7 Å². The lowest BCUT2D eigenvalue weighted by Crippen LogP contribution is -2.51. The van der Waals surface area contributed by atoms with Crippen molar-refractivity contribution in [1.29, 1.82) is 0 Å². The van der Waals surface area contributed by atoms with E-state index in [-0.39, 0.29) is 24.5 Å². The van der Waals surface area contributed by atoms with E-state index in [0.717, 1.165) is 17.7 Å². The van der Waals surface area contributed by atoms with Gasteiger partial charge in [0.15, 0.2) is 0 Å². The third-order valence-corrected chi connectivity index (χ3v) is 7.85. The van der Waals surface area contributed by atoms with E-state index in [1.165, 1.54) is 17.9 Å². The Morgan fingerprint density at radius 2 is 1.92 bits per heavy atom. The number of nitrogens with two attached hydrogens (primary N) is 1. The summed E-state index contributed by atoms with van der Waals surface area (Å²) in [6.45, 7) is 6.49. The standard InChI is InChI=1S/C28H44N4O3S2/c1-5-20(2)26(30-15-23(29)19-36)17-32(16-22-11-8-10-21-9-6-7-12-24(21)22)18-27(33)31-25(13-14-37-4)28(34)35-3/h6-12,20,23,25-26,30,36H,5,13-19,29H2,1-4H3,(H,31,33)/t20-,23+,25-,26+/m0/s1. The topological polar surface area (TPSA) is 96.7 Å². The first-order valence-electron chi connectivity index (χ1n) is 13.0. The largest absolute Gasteiger partial charge is 0.467 e. The van der Waals surface area contributed by atoms with Gasteiger partial charge in [-0.15, -0.1) is 0 Å². The van der Waals surface area contributed by atoms with Crippen LogP contribution in [-0.4, -0.2) is 79.4 Å². The van der Waals surface area contributed by atoms with E-state index in [4.69, 9.17) is 10.5 Å². The molecule has 0 aliphatic carbocycles. The third kappa shape index (κ3) is 10.5. The van der Waals surface area contributed by atoms with Gasteiger partial charge in [-0.2, -0.15) is 24.4 Å². The fraction of sp³-hybridized carbons (Fsp3) is 0.571.